The highest BCUT2D eigenvalue weighted by molar-refractivity contribution is 5.27. The standard InChI is InChI=1S/C12H16/c1-4-7-8-11-12(9-5-2)10-6-3/h4-9,11H,2-3,10H2,1H3/b7-4-,11-8-,12-9-. The van der Waals surface area contributed by atoms with Crippen LogP contribution in [0.25, 0.3) is 0 Å². The van der Waals surface area contributed by atoms with Gasteiger partial charge in [-0.3, -0.25) is 0 Å². The molecule has 0 atom stereocenters. The summed E-state index contributed by atoms with van der Waals surface area (Å²) in [7, 11) is 0. The molecule has 12 heavy (non-hydrogen) atoms. The predicted octanol–water partition coefficient (Wildman–Crippen LogP) is 3.81. The smallest absolute Gasteiger partial charge is 0.0100 e. The molecule has 0 saturated carbocycles. The predicted molar refractivity (Wildman–Crippen MR) is 57.0 cm³/mol. The summed E-state index contributed by atoms with van der Waals surface area (Å²) in [5.41, 5.74) is 1.22. The Labute approximate surface area is 75.3 Å². The van der Waals surface area contributed by atoms with Crippen LogP contribution in [0, 0.1) is 0 Å². The number of hydrogen-bond donors (Lipinski definition) is 0. The minimum absolute atomic E-state index is 0.889. The van der Waals surface area contributed by atoms with Crippen molar-refractivity contribution in [3.05, 3.63) is 61.3 Å². The van der Waals surface area contributed by atoms with E-state index in [1.807, 2.05) is 37.3 Å². The van der Waals surface area contributed by atoms with Crippen molar-refractivity contribution in [1.29, 1.82) is 0 Å². The zero-order valence-electron chi connectivity index (χ0n) is 7.66. The van der Waals surface area contributed by atoms with E-state index in [2.05, 4.69) is 19.2 Å². The Hall–Kier alpha value is -1.30. The van der Waals surface area contributed by atoms with Gasteiger partial charge < -0.3 is 0 Å². The van der Waals surface area contributed by atoms with Crippen LogP contribution in [0.15, 0.2) is 61.3 Å². The Bertz CT molecular complexity index is 214. The zero-order chi connectivity index (χ0) is 9.23. The van der Waals surface area contributed by atoms with E-state index in [1.54, 1.807) is 6.08 Å². The third-order valence-corrected chi connectivity index (χ3v) is 1.33. The van der Waals surface area contributed by atoms with Gasteiger partial charge in [0.05, 0.1) is 0 Å². The van der Waals surface area contributed by atoms with E-state index in [0.29, 0.717) is 0 Å². The summed E-state index contributed by atoms with van der Waals surface area (Å²) in [5.74, 6) is 0. The second-order valence-corrected chi connectivity index (χ2v) is 2.35. The maximum atomic E-state index is 3.68. The van der Waals surface area contributed by atoms with Crippen molar-refractivity contribution in [2.24, 2.45) is 0 Å². The van der Waals surface area contributed by atoms with Gasteiger partial charge in [0.1, 0.15) is 0 Å². The summed E-state index contributed by atoms with van der Waals surface area (Å²) in [5, 5.41) is 0. The summed E-state index contributed by atoms with van der Waals surface area (Å²) in [6.07, 6.45) is 14.6. The van der Waals surface area contributed by atoms with Crippen LogP contribution in [0.1, 0.15) is 13.3 Å². The quantitative estimate of drug-likeness (QED) is 0.424. The average molecular weight is 160 g/mol. The fraction of sp³-hybridized carbons (Fsp3) is 0.167. The minimum Gasteiger partial charge on any atom is -0.103 e. The highest BCUT2D eigenvalue weighted by atomic mass is 13.9. The van der Waals surface area contributed by atoms with E-state index in [-0.39, 0.29) is 0 Å². The Morgan fingerprint density at radius 2 is 2.00 bits per heavy atom. The summed E-state index contributed by atoms with van der Waals surface area (Å²) in [6.45, 7) is 9.33. The van der Waals surface area contributed by atoms with Crippen LogP contribution in [-0.4, -0.2) is 0 Å². The Balaban J connectivity index is 4.21. The van der Waals surface area contributed by atoms with Gasteiger partial charge in [-0.1, -0.05) is 49.1 Å². The van der Waals surface area contributed by atoms with Gasteiger partial charge in [-0.15, -0.1) is 6.58 Å². The SMILES string of the molecule is C=C\C=C(/C=C\C=C/C)CC=C. The molecule has 0 fully saturated rings. The van der Waals surface area contributed by atoms with Crippen LogP contribution in [0.5, 0.6) is 0 Å². The molecule has 0 N–H and O–H groups in total. The molecule has 0 unspecified atom stereocenters. The molecule has 64 valence electrons. The molecule has 0 aromatic rings. The Kier molecular flexibility index (Phi) is 6.96. The lowest BCUT2D eigenvalue weighted by molar-refractivity contribution is 1.29. The molecule has 0 heterocycles. The van der Waals surface area contributed by atoms with Crippen LogP contribution in [0.3, 0.4) is 0 Å². The fourth-order valence-electron chi connectivity index (χ4n) is 0.800. The van der Waals surface area contributed by atoms with E-state index >= 15 is 0 Å². The first-order chi connectivity index (χ1) is 5.85. The van der Waals surface area contributed by atoms with Gasteiger partial charge in [-0.05, 0) is 18.9 Å². The van der Waals surface area contributed by atoms with Gasteiger partial charge in [0.2, 0.25) is 0 Å². The van der Waals surface area contributed by atoms with E-state index in [4.69, 9.17) is 0 Å². The number of allylic oxidation sites excluding steroid dienone is 8. The molecule has 0 aromatic heterocycles. The second-order valence-electron chi connectivity index (χ2n) is 2.35. The molecule has 0 aliphatic rings. The Morgan fingerprint density at radius 3 is 2.50 bits per heavy atom. The molecule has 0 bridgehead atoms. The maximum Gasteiger partial charge on any atom is -0.0100 e. The van der Waals surface area contributed by atoms with Crippen LogP contribution in [0.4, 0.5) is 0 Å². The minimum atomic E-state index is 0.889. The van der Waals surface area contributed by atoms with Crippen LogP contribution in [0.2, 0.25) is 0 Å². The lowest BCUT2D eigenvalue weighted by Gasteiger charge is -1.92. The van der Waals surface area contributed by atoms with Crippen LogP contribution < -0.4 is 0 Å². The van der Waals surface area contributed by atoms with Gasteiger partial charge in [-0.2, -0.15) is 0 Å². The lowest BCUT2D eigenvalue weighted by Crippen LogP contribution is -1.72. The van der Waals surface area contributed by atoms with Crippen LogP contribution in [-0.2, 0) is 0 Å². The zero-order valence-corrected chi connectivity index (χ0v) is 7.66. The molecule has 0 amide bonds. The third-order valence-electron chi connectivity index (χ3n) is 1.33. The first-order valence-electron chi connectivity index (χ1n) is 4.07. The first kappa shape index (κ1) is 10.7. The molecular formula is C12H16. The van der Waals surface area contributed by atoms with Crippen molar-refractivity contribution in [1.82, 2.24) is 0 Å². The first-order valence-corrected chi connectivity index (χ1v) is 4.07. The molecule has 0 spiro atoms. The van der Waals surface area contributed by atoms with Gasteiger partial charge in [0.25, 0.3) is 0 Å². The molecule has 0 aliphatic heterocycles. The summed E-state index contributed by atoms with van der Waals surface area (Å²) < 4.78 is 0. The lowest BCUT2D eigenvalue weighted by atomic mass is 10.1. The highest BCUT2D eigenvalue weighted by Gasteiger charge is 1.83. The molecule has 0 aromatic carbocycles. The third kappa shape index (κ3) is 5.48. The molecule has 0 aliphatic carbocycles. The molecular weight excluding hydrogens is 144 g/mol. The van der Waals surface area contributed by atoms with E-state index in [1.165, 1.54) is 5.57 Å². The van der Waals surface area contributed by atoms with Crippen molar-refractivity contribution in [3.63, 3.8) is 0 Å². The normalized spacial score (nSPS) is 12.6. The van der Waals surface area contributed by atoms with E-state index < -0.39 is 0 Å². The van der Waals surface area contributed by atoms with Gasteiger partial charge in [-0.25, -0.2) is 0 Å². The number of rotatable bonds is 5. The van der Waals surface area contributed by atoms with Gasteiger partial charge in [0, 0.05) is 0 Å². The summed E-state index contributed by atoms with van der Waals surface area (Å²) >= 11 is 0. The number of hydrogen-bond acceptors (Lipinski definition) is 0. The van der Waals surface area contributed by atoms with E-state index in [0.717, 1.165) is 6.42 Å². The molecule has 0 nitrogen and oxygen atoms in total. The Morgan fingerprint density at radius 1 is 1.25 bits per heavy atom. The van der Waals surface area contributed by atoms with Crippen molar-refractivity contribution in [2.45, 2.75) is 13.3 Å². The summed E-state index contributed by atoms with van der Waals surface area (Å²) in [6, 6.07) is 0. The fourth-order valence-corrected chi connectivity index (χ4v) is 0.800. The summed E-state index contributed by atoms with van der Waals surface area (Å²) in [4.78, 5) is 0. The largest absolute Gasteiger partial charge is 0.103 e. The highest BCUT2D eigenvalue weighted by Crippen LogP contribution is 2.04. The van der Waals surface area contributed by atoms with E-state index in [9.17, 15) is 0 Å². The molecule has 0 rings (SSSR count). The van der Waals surface area contributed by atoms with Crippen molar-refractivity contribution >= 4 is 0 Å². The van der Waals surface area contributed by atoms with Crippen molar-refractivity contribution in [2.75, 3.05) is 0 Å². The molecule has 0 heteroatoms. The topological polar surface area (TPSA) is 0 Å². The maximum absolute atomic E-state index is 3.68. The monoisotopic (exact) mass is 160 g/mol. The second kappa shape index (κ2) is 7.80. The van der Waals surface area contributed by atoms with Crippen molar-refractivity contribution < 1.29 is 0 Å². The van der Waals surface area contributed by atoms with Gasteiger partial charge in [0.15, 0.2) is 0 Å². The van der Waals surface area contributed by atoms with Crippen molar-refractivity contribution in [3.8, 4) is 0 Å². The van der Waals surface area contributed by atoms with Crippen LogP contribution >= 0.6 is 0 Å². The average Bonchev–Trinajstić information content (AvgIpc) is 2.06. The van der Waals surface area contributed by atoms with Gasteiger partial charge >= 0.3 is 0 Å². The molecule has 0 saturated heterocycles. The molecule has 0 radical (unpaired) electrons.